The summed E-state index contributed by atoms with van der Waals surface area (Å²) < 4.78 is 21.7. The first-order valence-electron chi connectivity index (χ1n) is 6.21. The fourth-order valence-corrected chi connectivity index (χ4v) is 3.13. The number of hydrogen-bond donors (Lipinski definition) is 0. The van der Waals surface area contributed by atoms with Crippen LogP contribution in [0.25, 0.3) is 0 Å². The van der Waals surface area contributed by atoms with Crippen LogP contribution in [0.3, 0.4) is 0 Å². The molecule has 0 atom stereocenters. The predicted molar refractivity (Wildman–Crippen MR) is 78.0 cm³/mol. The van der Waals surface area contributed by atoms with Crippen LogP contribution in [0.4, 0.5) is 0 Å². The van der Waals surface area contributed by atoms with Gasteiger partial charge in [-0.1, -0.05) is 6.07 Å². The van der Waals surface area contributed by atoms with E-state index in [2.05, 4.69) is 33.8 Å². The monoisotopic (exact) mass is 288 g/mol. The Morgan fingerprint density at radius 3 is 1.94 bits per heavy atom. The second kappa shape index (κ2) is 6.07. The molecule has 18 heavy (non-hydrogen) atoms. The van der Waals surface area contributed by atoms with Crippen LogP contribution in [0.5, 0.6) is 0 Å². The molecular formula is C14H21ClO2S. The van der Waals surface area contributed by atoms with E-state index in [0.29, 0.717) is 6.42 Å². The molecule has 0 bridgehead atoms. The Morgan fingerprint density at radius 2 is 1.50 bits per heavy atom. The molecule has 0 aromatic heterocycles. The van der Waals surface area contributed by atoms with Crippen molar-refractivity contribution in [3.63, 3.8) is 0 Å². The maximum absolute atomic E-state index is 10.9. The Kier molecular flexibility index (Phi) is 5.23. The van der Waals surface area contributed by atoms with Crippen LogP contribution >= 0.6 is 10.7 Å². The van der Waals surface area contributed by atoms with Gasteiger partial charge >= 0.3 is 0 Å². The summed E-state index contributed by atoms with van der Waals surface area (Å²) in [6.07, 6.45) is 2.40. The lowest BCUT2D eigenvalue weighted by molar-refractivity contribution is 0.605. The van der Waals surface area contributed by atoms with E-state index in [1.165, 1.54) is 27.8 Å². The van der Waals surface area contributed by atoms with Crippen LogP contribution in [0.2, 0.25) is 0 Å². The molecule has 0 amide bonds. The van der Waals surface area contributed by atoms with Crippen molar-refractivity contribution < 1.29 is 8.42 Å². The molecule has 102 valence electrons. The molecule has 1 aromatic rings. The molecule has 0 spiro atoms. The van der Waals surface area contributed by atoms with Crippen molar-refractivity contribution in [2.24, 2.45) is 0 Å². The van der Waals surface area contributed by atoms with Gasteiger partial charge in [-0.15, -0.1) is 0 Å². The van der Waals surface area contributed by atoms with Gasteiger partial charge in [0.2, 0.25) is 9.05 Å². The van der Waals surface area contributed by atoms with E-state index >= 15 is 0 Å². The maximum Gasteiger partial charge on any atom is 0.232 e. The van der Waals surface area contributed by atoms with Crippen molar-refractivity contribution in [3.05, 3.63) is 33.9 Å². The lowest BCUT2D eigenvalue weighted by Gasteiger charge is -2.15. The fourth-order valence-electron chi connectivity index (χ4n) is 2.25. The predicted octanol–water partition coefficient (Wildman–Crippen LogP) is 3.81. The highest BCUT2D eigenvalue weighted by atomic mass is 35.7. The third kappa shape index (κ3) is 4.29. The zero-order valence-corrected chi connectivity index (χ0v) is 13.1. The summed E-state index contributed by atoms with van der Waals surface area (Å²) in [5.74, 6) is 0.0669. The molecule has 1 aromatic carbocycles. The van der Waals surface area contributed by atoms with Gasteiger partial charge in [-0.05, 0) is 74.8 Å². The average molecular weight is 289 g/mol. The molecule has 0 radical (unpaired) electrons. The highest BCUT2D eigenvalue weighted by molar-refractivity contribution is 8.13. The standard InChI is InChI=1S/C14H21ClO2S/c1-10-9-11(2)13(4)14(12(10)3)7-5-6-8-18(15,16)17/h9H,5-8H2,1-4H3. The molecule has 0 heterocycles. The highest BCUT2D eigenvalue weighted by Gasteiger charge is 2.09. The molecule has 0 unspecified atom stereocenters. The molecule has 0 aliphatic carbocycles. The van der Waals surface area contributed by atoms with E-state index in [1.54, 1.807) is 0 Å². The van der Waals surface area contributed by atoms with Crippen molar-refractivity contribution in [1.29, 1.82) is 0 Å². The van der Waals surface area contributed by atoms with Gasteiger partial charge in [0.15, 0.2) is 0 Å². The summed E-state index contributed by atoms with van der Waals surface area (Å²) in [7, 11) is 1.86. The van der Waals surface area contributed by atoms with E-state index in [4.69, 9.17) is 10.7 Å². The second-order valence-electron chi connectivity index (χ2n) is 4.94. The zero-order chi connectivity index (χ0) is 13.9. The quantitative estimate of drug-likeness (QED) is 0.610. The minimum Gasteiger partial charge on any atom is -0.212 e. The topological polar surface area (TPSA) is 34.1 Å². The Labute approximate surface area is 115 Å². The van der Waals surface area contributed by atoms with Gasteiger partial charge < -0.3 is 0 Å². The van der Waals surface area contributed by atoms with Gasteiger partial charge in [0, 0.05) is 10.7 Å². The molecular weight excluding hydrogens is 268 g/mol. The number of halogens is 1. The first kappa shape index (κ1) is 15.5. The fraction of sp³-hybridized carbons (Fsp3) is 0.571. The SMILES string of the molecule is Cc1cc(C)c(C)c(CCCCS(=O)(=O)Cl)c1C. The summed E-state index contributed by atoms with van der Waals surface area (Å²) in [5, 5.41) is 0. The summed E-state index contributed by atoms with van der Waals surface area (Å²) in [6, 6.07) is 2.21. The molecule has 0 saturated heterocycles. The molecule has 0 aliphatic rings. The molecule has 0 aliphatic heterocycles. The molecule has 0 N–H and O–H groups in total. The van der Waals surface area contributed by atoms with E-state index in [9.17, 15) is 8.42 Å². The lowest BCUT2D eigenvalue weighted by atomic mass is 9.91. The van der Waals surface area contributed by atoms with E-state index in [0.717, 1.165) is 12.8 Å². The van der Waals surface area contributed by atoms with E-state index in [1.807, 2.05) is 0 Å². The number of unbranched alkanes of at least 4 members (excludes halogenated alkanes) is 1. The maximum atomic E-state index is 10.9. The Hall–Kier alpha value is -0.540. The first-order valence-corrected chi connectivity index (χ1v) is 8.69. The summed E-state index contributed by atoms with van der Waals surface area (Å²) >= 11 is 0. The Bertz CT molecular complexity index is 507. The number of hydrogen-bond acceptors (Lipinski definition) is 2. The van der Waals surface area contributed by atoms with Gasteiger partial charge in [0.05, 0.1) is 5.75 Å². The van der Waals surface area contributed by atoms with Crippen molar-refractivity contribution in [1.82, 2.24) is 0 Å². The minimum atomic E-state index is -3.34. The summed E-state index contributed by atoms with van der Waals surface area (Å²) in [6.45, 7) is 8.51. The summed E-state index contributed by atoms with van der Waals surface area (Å²) in [5.41, 5.74) is 6.62. The highest BCUT2D eigenvalue weighted by Crippen LogP contribution is 2.23. The van der Waals surface area contributed by atoms with E-state index < -0.39 is 9.05 Å². The van der Waals surface area contributed by atoms with Crippen LogP contribution in [-0.2, 0) is 15.5 Å². The van der Waals surface area contributed by atoms with Crippen molar-refractivity contribution >= 4 is 19.7 Å². The minimum absolute atomic E-state index is 0.0669. The van der Waals surface area contributed by atoms with E-state index in [-0.39, 0.29) is 5.75 Å². The largest absolute Gasteiger partial charge is 0.232 e. The third-order valence-electron chi connectivity index (χ3n) is 3.59. The smallest absolute Gasteiger partial charge is 0.212 e. The summed E-state index contributed by atoms with van der Waals surface area (Å²) in [4.78, 5) is 0. The van der Waals surface area contributed by atoms with Crippen LogP contribution in [-0.4, -0.2) is 14.2 Å². The number of aryl methyl sites for hydroxylation is 2. The number of benzene rings is 1. The Morgan fingerprint density at radius 1 is 1.00 bits per heavy atom. The average Bonchev–Trinajstić information content (AvgIpc) is 2.24. The first-order chi connectivity index (χ1) is 8.22. The molecule has 1 rings (SSSR count). The van der Waals surface area contributed by atoms with Gasteiger partial charge in [0.1, 0.15) is 0 Å². The van der Waals surface area contributed by atoms with Gasteiger partial charge in [0.25, 0.3) is 0 Å². The van der Waals surface area contributed by atoms with Gasteiger partial charge in [-0.3, -0.25) is 0 Å². The van der Waals surface area contributed by atoms with Crippen LogP contribution < -0.4 is 0 Å². The normalized spacial score (nSPS) is 11.8. The molecule has 0 saturated carbocycles. The van der Waals surface area contributed by atoms with Crippen molar-refractivity contribution in [2.45, 2.75) is 47.0 Å². The van der Waals surface area contributed by atoms with Crippen molar-refractivity contribution in [3.8, 4) is 0 Å². The van der Waals surface area contributed by atoms with Gasteiger partial charge in [-0.25, -0.2) is 8.42 Å². The van der Waals surface area contributed by atoms with Crippen molar-refractivity contribution in [2.75, 3.05) is 5.75 Å². The molecule has 2 nitrogen and oxygen atoms in total. The Balaban J connectivity index is 2.74. The van der Waals surface area contributed by atoms with Crippen LogP contribution in [0, 0.1) is 27.7 Å². The van der Waals surface area contributed by atoms with Crippen LogP contribution in [0.1, 0.15) is 40.7 Å². The van der Waals surface area contributed by atoms with Gasteiger partial charge in [-0.2, -0.15) is 0 Å². The second-order valence-corrected chi connectivity index (χ2v) is 7.84. The zero-order valence-electron chi connectivity index (χ0n) is 11.5. The molecule has 0 fully saturated rings. The molecule has 4 heteroatoms. The third-order valence-corrected chi connectivity index (χ3v) is 4.83. The number of rotatable bonds is 5. The lowest BCUT2D eigenvalue weighted by Crippen LogP contribution is -2.02. The van der Waals surface area contributed by atoms with Crippen LogP contribution in [0.15, 0.2) is 6.07 Å².